The number of aromatic nitrogens is 2. The monoisotopic (exact) mass is 414 g/mol. The average molecular weight is 415 g/mol. The van der Waals surface area contributed by atoms with Crippen LogP contribution in [0, 0.1) is 5.82 Å². The third kappa shape index (κ3) is 4.63. The topological polar surface area (TPSA) is 58.6 Å². The van der Waals surface area contributed by atoms with E-state index in [-0.39, 0.29) is 11.5 Å². The third-order valence-electron chi connectivity index (χ3n) is 4.92. The summed E-state index contributed by atoms with van der Waals surface area (Å²) < 4.78 is 19.7. The second-order valence-electron chi connectivity index (χ2n) is 6.81. The molecule has 0 spiro atoms. The lowest BCUT2D eigenvalue weighted by molar-refractivity contribution is 0.0621. The van der Waals surface area contributed by atoms with Crippen molar-refractivity contribution in [3.8, 4) is 5.75 Å². The van der Waals surface area contributed by atoms with Crippen LogP contribution >= 0.6 is 11.6 Å². The number of rotatable bonds is 5. The molecular weight excluding hydrogens is 395 g/mol. The second kappa shape index (κ2) is 8.71. The van der Waals surface area contributed by atoms with E-state index in [4.69, 9.17) is 16.3 Å². The molecule has 0 bridgehead atoms. The Kier molecular flexibility index (Phi) is 5.87. The van der Waals surface area contributed by atoms with Crippen molar-refractivity contribution in [1.82, 2.24) is 19.8 Å². The molecule has 2 aromatic carbocycles. The van der Waals surface area contributed by atoms with Crippen LogP contribution in [0.1, 0.15) is 10.4 Å². The Morgan fingerprint density at radius 3 is 2.55 bits per heavy atom. The molecule has 1 fully saturated rings. The maximum atomic E-state index is 13.9. The van der Waals surface area contributed by atoms with Gasteiger partial charge in [0.05, 0.1) is 11.1 Å². The average Bonchev–Trinajstić information content (AvgIpc) is 2.74. The molecule has 0 radical (unpaired) electrons. The molecule has 4 rings (SSSR count). The zero-order valence-corrected chi connectivity index (χ0v) is 16.5. The van der Waals surface area contributed by atoms with E-state index < -0.39 is 5.82 Å². The van der Waals surface area contributed by atoms with Crippen molar-refractivity contribution in [3.63, 3.8) is 0 Å². The molecule has 1 aliphatic rings. The van der Waals surface area contributed by atoms with E-state index in [1.165, 1.54) is 24.5 Å². The van der Waals surface area contributed by atoms with Crippen molar-refractivity contribution in [2.75, 3.05) is 39.3 Å². The van der Waals surface area contributed by atoms with E-state index in [1.807, 2.05) is 12.1 Å². The highest BCUT2D eigenvalue weighted by molar-refractivity contribution is 6.30. The van der Waals surface area contributed by atoms with Gasteiger partial charge in [0, 0.05) is 56.2 Å². The molecule has 150 valence electrons. The van der Waals surface area contributed by atoms with Crippen molar-refractivity contribution >= 4 is 28.5 Å². The van der Waals surface area contributed by atoms with Crippen LogP contribution < -0.4 is 4.74 Å². The van der Waals surface area contributed by atoms with Gasteiger partial charge in [-0.1, -0.05) is 11.6 Å². The van der Waals surface area contributed by atoms with Crippen molar-refractivity contribution in [2.45, 2.75) is 0 Å². The molecule has 1 amide bonds. The van der Waals surface area contributed by atoms with E-state index in [0.717, 1.165) is 25.4 Å². The first-order valence-electron chi connectivity index (χ1n) is 9.40. The number of nitrogens with zero attached hydrogens (tertiary/aromatic N) is 4. The standard InChI is InChI=1S/C21H20ClFN4O2/c22-15-1-3-17(4-2-15)29-12-11-26-7-9-27(10-8-26)21(28)18-13-16(23)14-19-20(18)25-6-5-24-19/h1-6,13-14H,7-12H2. The lowest BCUT2D eigenvalue weighted by atomic mass is 10.1. The van der Waals surface area contributed by atoms with E-state index >= 15 is 0 Å². The van der Waals surface area contributed by atoms with E-state index in [9.17, 15) is 9.18 Å². The first kappa shape index (κ1) is 19.5. The smallest absolute Gasteiger partial charge is 0.256 e. The summed E-state index contributed by atoms with van der Waals surface area (Å²) in [5.41, 5.74) is 1.07. The van der Waals surface area contributed by atoms with Gasteiger partial charge >= 0.3 is 0 Å². The Labute approximate surface area is 172 Å². The first-order chi connectivity index (χ1) is 14.1. The van der Waals surface area contributed by atoms with Crippen LogP contribution in [0.25, 0.3) is 11.0 Å². The van der Waals surface area contributed by atoms with Gasteiger partial charge in [0.1, 0.15) is 23.7 Å². The summed E-state index contributed by atoms with van der Waals surface area (Å²) in [6.45, 7) is 3.91. The van der Waals surface area contributed by atoms with Crippen LogP contribution in [0.3, 0.4) is 0 Å². The Morgan fingerprint density at radius 2 is 1.79 bits per heavy atom. The van der Waals surface area contributed by atoms with Gasteiger partial charge < -0.3 is 9.64 Å². The zero-order valence-electron chi connectivity index (χ0n) is 15.7. The number of fused-ring (bicyclic) bond motifs is 1. The fraction of sp³-hybridized carbons (Fsp3) is 0.286. The molecule has 29 heavy (non-hydrogen) atoms. The zero-order chi connectivity index (χ0) is 20.2. The van der Waals surface area contributed by atoms with Crippen molar-refractivity contribution in [1.29, 1.82) is 0 Å². The summed E-state index contributed by atoms with van der Waals surface area (Å²) in [5.74, 6) is 0.0775. The van der Waals surface area contributed by atoms with Crippen molar-refractivity contribution in [3.05, 3.63) is 65.2 Å². The fourth-order valence-electron chi connectivity index (χ4n) is 3.37. The number of benzene rings is 2. The van der Waals surface area contributed by atoms with E-state index in [2.05, 4.69) is 14.9 Å². The van der Waals surface area contributed by atoms with E-state index in [1.54, 1.807) is 17.0 Å². The number of carbonyl (C=O) groups is 1. The van der Waals surface area contributed by atoms with Gasteiger partial charge in [0.2, 0.25) is 0 Å². The Hall–Kier alpha value is -2.77. The predicted molar refractivity (Wildman–Crippen MR) is 109 cm³/mol. The minimum atomic E-state index is -0.487. The van der Waals surface area contributed by atoms with Crippen molar-refractivity contribution < 1.29 is 13.9 Å². The van der Waals surface area contributed by atoms with Crippen molar-refractivity contribution in [2.24, 2.45) is 0 Å². The van der Waals surface area contributed by atoms with Gasteiger partial charge in [0.15, 0.2) is 0 Å². The third-order valence-corrected chi connectivity index (χ3v) is 5.17. The number of ether oxygens (including phenoxy) is 1. The molecule has 1 saturated heterocycles. The summed E-state index contributed by atoms with van der Waals surface area (Å²) in [5, 5.41) is 0.676. The van der Waals surface area contributed by atoms with Gasteiger partial charge in [-0.05, 0) is 30.3 Å². The number of hydrogen-bond acceptors (Lipinski definition) is 5. The van der Waals surface area contributed by atoms with E-state index in [0.29, 0.717) is 35.8 Å². The maximum Gasteiger partial charge on any atom is 0.256 e. The molecule has 0 aliphatic carbocycles. The number of halogens is 2. The molecule has 1 aromatic heterocycles. The van der Waals surface area contributed by atoms with Gasteiger partial charge in [-0.2, -0.15) is 0 Å². The van der Waals surface area contributed by atoms with Crippen LogP contribution in [-0.4, -0.2) is 65.0 Å². The SMILES string of the molecule is O=C(c1cc(F)cc2nccnc12)N1CCN(CCOc2ccc(Cl)cc2)CC1. The van der Waals surface area contributed by atoms with Gasteiger partial charge in [-0.3, -0.25) is 19.7 Å². The number of amides is 1. The molecule has 0 N–H and O–H groups in total. The molecule has 0 unspecified atom stereocenters. The largest absolute Gasteiger partial charge is 0.492 e. The number of piperazine rings is 1. The summed E-state index contributed by atoms with van der Waals surface area (Å²) in [6, 6.07) is 9.79. The molecule has 2 heterocycles. The molecule has 1 aliphatic heterocycles. The van der Waals surface area contributed by atoms with Crippen LogP contribution in [0.5, 0.6) is 5.75 Å². The predicted octanol–water partition coefficient (Wildman–Crippen LogP) is 3.26. The summed E-state index contributed by atoms with van der Waals surface area (Å²) in [4.78, 5) is 25.2. The lowest BCUT2D eigenvalue weighted by Gasteiger charge is -2.34. The van der Waals surface area contributed by atoms with Crippen LogP contribution in [0.15, 0.2) is 48.8 Å². The Morgan fingerprint density at radius 1 is 1.07 bits per heavy atom. The van der Waals surface area contributed by atoms with Crippen LogP contribution in [0.2, 0.25) is 5.02 Å². The maximum absolute atomic E-state index is 13.9. The van der Waals surface area contributed by atoms with Crippen LogP contribution in [-0.2, 0) is 0 Å². The normalized spacial score (nSPS) is 14.9. The Bertz CT molecular complexity index is 1010. The minimum absolute atomic E-state index is 0.216. The lowest BCUT2D eigenvalue weighted by Crippen LogP contribution is -2.49. The number of hydrogen-bond donors (Lipinski definition) is 0. The highest BCUT2D eigenvalue weighted by atomic mass is 35.5. The molecule has 6 nitrogen and oxygen atoms in total. The summed E-state index contributed by atoms with van der Waals surface area (Å²) in [6.07, 6.45) is 3.00. The summed E-state index contributed by atoms with van der Waals surface area (Å²) in [7, 11) is 0. The molecule has 8 heteroatoms. The first-order valence-corrected chi connectivity index (χ1v) is 9.78. The van der Waals surface area contributed by atoms with Gasteiger partial charge in [-0.25, -0.2) is 4.39 Å². The molecule has 0 atom stereocenters. The van der Waals surface area contributed by atoms with Crippen LogP contribution in [0.4, 0.5) is 4.39 Å². The Balaban J connectivity index is 1.33. The quantitative estimate of drug-likeness (QED) is 0.641. The van der Waals surface area contributed by atoms with Gasteiger partial charge in [0.25, 0.3) is 5.91 Å². The van der Waals surface area contributed by atoms with Gasteiger partial charge in [-0.15, -0.1) is 0 Å². The highest BCUT2D eigenvalue weighted by Crippen LogP contribution is 2.19. The molecular formula is C21H20ClFN4O2. The molecule has 0 saturated carbocycles. The molecule has 3 aromatic rings. The fourth-order valence-corrected chi connectivity index (χ4v) is 3.50. The highest BCUT2D eigenvalue weighted by Gasteiger charge is 2.24. The number of carbonyl (C=O) groups excluding carboxylic acids is 1. The minimum Gasteiger partial charge on any atom is -0.492 e. The second-order valence-corrected chi connectivity index (χ2v) is 7.25. The summed E-state index contributed by atoms with van der Waals surface area (Å²) >= 11 is 5.87.